The third kappa shape index (κ3) is 3.53. The van der Waals surface area contributed by atoms with Gasteiger partial charge in [0.05, 0.1) is 18.1 Å². The molecule has 1 aromatic carbocycles. The van der Waals surface area contributed by atoms with Crippen LogP contribution in [0.25, 0.3) is 0 Å². The van der Waals surface area contributed by atoms with Crippen molar-refractivity contribution in [1.82, 2.24) is 0 Å². The van der Waals surface area contributed by atoms with Crippen LogP contribution < -0.4 is 4.74 Å². The molecule has 0 amide bonds. The first-order valence-corrected chi connectivity index (χ1v) is 6.05. The second-order valence-electron chi connectivity index (χ2n) is 3.76. The molecule has 0 atom stereocenters. The fourth-order valence-electron chi connectivity index (χ4n) is 1.39. The standard InChI is InChI=1S/C13H17ClO2/c1-3-4-7-16-13-6-5-10(2)8-11(13)12(15)9-14/h5-6,8H,3-4,7,9H2,1-2H3. The van der Waals surface area contributed by atoms with Crippen LogP contribution in [-0.4, -0.2) is 18.3 Å². The SMILES string of the molecule is CCCCOc1ccc(C)cc1C(=O)CCl. The van der Waals surface area contributed by atoms with Gasteiger partial charge in [0.25, 0.3) is 0 Å². The van der Waals surface area contributed by atoms with Crippen LogP contribution in [0.5, 0.6) is 5.75 Å². The van der Waals surface area contributed by atoms with E-state index >= 15 is 0 Å². The summed E-state index contributed by atoms with van der Waals surface area (Å²) in [6, 6.07) is 5.60. The number of hydrogen-bond acceptors (Lipinski definition) is 2. The smallest absolute Gasteiger partial charge is 0.181 e. The van der Waals surface area contributed by atoms with Gasteiger partial charge in [-0.15, -0.1) is 11.6 Å². The molecule has 0 aliphatic heterocycles. The highest BCUT2D eigenvalue weighted by Gasteiger charge is 2.11. The van der Waals surface area contributed by atoms with E-state index in [-0.39, 0.29) is 11.7 Å². The first-order valence-electron chi connectivity index (χ1n) is 5.51. The lowest BCUT2D eigenvalue weighted by Gasteiger charge is -2.10. The lowest BCUT2D eigenvalue weighted by molar-refractivity contribution is 0.101. The Morgan fingerprint density at radius 2 is 2.19 bits per heavy atom. The Bertz CT molecular complexity index is 361. The molecule has 1 aromatic rings. The Hall–Kier alpha value is -1.02. The number of carbonyl (C=O) groups is 1. The van der Waals surface area contributed by atoms with Crippen molar-refractivity contribution in [3.63, 3.8) is 0 Å². The Labute approximate surface area is 102 Å². The number of Topliss-reactive ketones (excluding diaryl/α,β-unsaturated/α-hetero) is 1. The molecule has 0 aliphatic carbocycles. The zero-order chi connectivity index (χ0) is 12.0. The number of ether oxygens (including phenoxy) is 1. The van der Waals surface area contributed by atoms with Crippen molar-refractivity contribution in [1.29, 1.82) is 0 Å². The number of aryl methyl sites for hydroxylation is 1. The maximum Gasteiger partial charge on any atom is 0.181 e. The van der Waals surface area contributed by atoms with Crippen molar-refractivity contribution >= 4 is 17.4 Å². The minimum atomic E-state index is -0.0862. The molecule has 0 heterocycles. The molecule has 0 bridgehead atoms. The molecule has 0 radical (unpaired) electrons. The van der Waals surface area contributed by atoms with Crippen LogP contribution in [-0.2, 0) is 0 Å². The fraction of sp³-hybridized carbons (Fsp3) is 0.462. The van der Waals surface area contributed by atoms with Gasteiger partial charge < -0.3 is 4.74 Å². The van der Waals surface area contributed by atoms with Crippen LogP contribution in [0.3, 0.4) is 0 Å². The average Bonchev–Trinajstić information content (AvgIpc) is 2.30. The van der Waals surface area contributed by atoms with Gasteiger partial charge in [0.1, 0.15) is 5.75 Å². The predicted octanol–water partition coefficient (Wildman–Crippen LogP) is 3.60. The van der Waals surface area contributed by atoms with Crippen molar-refractivity contribution in [3.05, 3.63) is 29.3 Å². The monoisotopic (exact) mass is 240 g/mol. The largest absolute Gasteiger partial charge is 0.493 e. The van der Waals surface area contributed by atoms with E-state index < -0.39 is 0 Å². The summed E-state index contributed by atoms with van der Waals surface area (Å²) in [5, 5.41) is 0. The van der Waals surface area contributed by atoms with Crippen molar-refractivity contribution in [3.8, 4) is 5.75 Å². The summed E-state index contributed by atoms with van der Waals surface area (Å²) >= 11 is 5.57. The van der Waals surface area contributed by atoms with Gasteiger partial charge in [-0.3, -0.25) is 4.79 Å². The minimum Gasteiger partial charge on any atom is -0.493 e. The van der Waals surface area contributed by atoms with Gasteiger partial charge in [0.15, 0.2) is 5.78 Å². The highest BCUT2D eigenvalue weighted by Crippen LogP contribution is 2.21. The summed E-state index contributed by atoms with van der Waals surface area (Å²) < 4.78 is 5.58. The van der Waals surface area contributed by atoms with Crippen LogP contribution in [0.4, 0.5) is 0 Å². The zero-order valence-electron chi connectivity index (χ0n) is 9.75. The highest BCUT2D eigenvalue weighted by molar-refractivity contribution is 6.30. The molecule has 16 heavy (non-hydrogen) atoms. The summed E-state index contributed by atoms with van der Waals surface area (Å²) in [6.45, 7) is 4.69. The van der Waals surface area contributed by atoms with E-state index in [0.717, 1.165) is 18.4 Å². The van der Waals surface area contributed by atoms with Crippen LogP contribution in [0.15, 0.2) is 18.2 Å². The number of rotatable bonds is 6. The minimum absolute atomic E-state index is 0.00636. The second kappa shape index (κ2) is 6.54. The Balaban J connectivity index is 2.85. The fourth-order valence-corrected chi connectivity index (χ4v) is 1.53. The molecule has 0 fully saturated rings. The van der Waals surface area contributed by atoms with Crippen LogP contribution in [0.1, 0.15) is 35.7 Å². The highest BCUT2D eigenvalue weighted by atomic mass is 35.5. The topological polar surface area (TPSA) is 26.3 Å². The number of benzene rings is 1. The molecular formula is C13H17ClO2. The lowest BCUT2D eigenvalue weighted by Crippen LogP contribution is -2.06. The average molecular weight is 241 g/mol. The molecule has 0 spiro atoms. The molecule has 3 heteroatoms. The summed E-state index contributed by atoms with van der Waals surface area (Å²) in [4.78, 5) is 11.6. The first-order chi connectivity index (χ1) is 7.69. The molecule has 0 aliphatic rings. The lowest BCUT2D eigenvalue weighted by atomic mass is 10.1. The van der Waals surface area contributed by atoms with Crippen molar-refractivity contribution in [2.75, 3.05) is 12.5 Å². The summed E-state index contributed by atoms with van der Waals surface area (Å²) in [6.07, 6.45) is 2.06. The van der Waals surface area contributed by atoms with Crippen molar-refractivity contribution in [2.45, 2.75) is 26.7 Å². The third-order valence-corrected chi connectivity index (χ3v) is 2.56. The molecule has 0 N–H and O–H groups in total. The number of halogens is 1. The zero-order valence-corrected chi connectivity index (χ0v) is 10.5. The van der Waals surface area contributed by atoms with Crippen LogP contribution in [0, 0.1) is 6.92 Å². The van der Waals surface area contributed by atoms with Crippen molar-refractivity contribution in [2.24, 2.45) is 0 Å². The first kappa shape index (κ1) is 13.0. The van der Waals surface area contributed by atoms with Gasteiger partial charge in [-0.1, -0.05) is 25.0 Å². The maximum absolute atomic E-state index is 11.6. The van der Waals surface area contributed by atoms with E-state index in [2.05, 4.69) is 6.92 Å². The number of ketones is 1. The van der Waals surface area contributed by atoms with Gasteiger partial charge >= 0.3 is 0 Å². The Morgan fingerprint density at radius 3 is 2.81 bits per heavy atom. The number of carbonyl (C=O) groups excluding carboxylic acids is 1. The molecule has 2 nitrogen and oxygen atoms in total. The van der Waals surface area contributed by atoms with Gasteiger partial charge in [-0.25, -0.2) is 0 Å². The molecule has 0 aromatic heterocycles. The van der Waals surface area contributed by atoms with E-state index in [0.29, 0.717) is 17.9 Å². The summed E-state index contributed by atoms with van der Waals surface area (Å²) in [7, 11) is 0. The van der Waals surface area contributed by atoms with Gasteiger partial charge in [0.2, 0.25) is 0 Å². The molecule has 0 saturated heterocycles. The third-order valence-electron chi connectivity index (χ3n) is 2.31. The van der Waals surface area contributed by atoms with E-state index in [1.54, 1.807) is 0 Å². The maximum atomic E-state index is 11.6. The van der Waals surface area contributed by atoms with Crippen LogP contribution >= 0.6 is 11.6 Å². The van der Waals surface area contributed by atoms with Crippen LogP contribution in [0.2, 0.25) is 0 Å². The van der Waals surface area contributed by atoms with E-state index in [4.69, 9.17) is 16.3 Å². The second-order valence-corrected chi connectivity index (χ2v) is 4.03. The van der Waals surface area contributed by atoms with E-state index in [9.17, 15) is 4.79 Å². The Kier molecular flexibility index (Phi) is 5.33. The van der Waals surface area contributed by atoms with Gasteiger partial charge in [-0.05, 0) is 25.5 Å². The normalized spacial score (nSPS) is 10.2. The van der Waals surface area contributed by atoms with Crippen molar-refractivity contribution < 1.29 is 9.53 Å². The van der Waals surface area contributed by atoms with Gasteiger partial charge in [-0.2, -0.15) is 0 Å². The molecular weight excluding hydrogens is 224 g/mol. The quantitative estimate of drug-likeness (QED) is 0.432. The van der Waals surface area contributed by atoms with E-state index in [1.807, 2.05) is 25.1 Å². The molecule has 0 unspecified atom stereocenters. The molecule has 1 rings (SSSR count). The summed E-state index contributed by atoms with van der Waals surface area (Å²) in [5.74, 6) is 0.551. The summed E-state index contributed by atoms with van der Waals surface area (Å²) in [5.41, 5.74) is 1.63. The molecule has 88 valence electrons. The number of unbranched alkanes of at least 4 members (excludes halogenated alkanes) is 1. The van der Waals surface area contributed by atoms with E-state index in [1.165, 1.54) is 0 Å². The predicted molar refractivity (Wildman–Crippen MR) is 66.6 cm³/mol. The molecule has 0 saturated carbocycles. The number of hydrogen-bond donors (Lipinski definition) is 0. The Morgan fingerprint density at radius 1 is 1.44 bits per heavy atom. The van der Waals surface area contributed by atoms with Gasteiger partial charge in [0, 0.05) is 0 Å². The number of alkyl halides is 1.